The molecule has 2 saturated heterocycles. The van der Waals surface area contributed by atoms with Gasteiger partial charge in [0, 0.05) is 37.7 Å². The first-order valence-electron chi connectivity index (χ1n) is 11.9. The van der Waals surface area contributed by atoms with E-state index < -0.39 is 5.92 Å². The van der Waals surface area contributed by atoms with E-state index in [-0.39, 0.29) is 24.5 Å². The Bertz CT molecular complexity index is 1120. The van der Waals surface area contributed by atoms with E-state index in [4.69, 9.17) is 28.4 Å². The average Bonchev–Trinajstić information content (AvgIpc) is 3.59. The van der Waals surface area contributed by atoms with Crippen molar-refractivity contribution < 1.29 is 38.0 Å². The molecule has 2 aromatic carbocycles. The molecule has 2 atom stereocenters. The summed E-state index contributed by atoms with van der Waals surface area (Å²) in [5.74, 6) is 1.81. The Morgan fingerprint density at radius 3 is 2.22 bits per heavy atom. The minimum Gasteiger partial charge on any atom is -0.493 e. The van der Waals surface area contributed by atoms with E-state index in [1.807, 2.05) is 17.0 Å². The van der Waals surface area contributed by atoms with Crippen molar-refractivity contribution >= 4 is 11.8 Å². The highest BCUT2D eigenvalue weighted by molar-refractivity contribution is 5.96. The molecule has 0 bridgehead atoms. The predicted molar refractivity (Wildman–Crippen MR) is 128 cm³/mol. The summed E-state index contributed by atoms with van der Waals surface area (Å²) < 4.78 is 32.8. The van der Waals surface area contributed by atoms with Crippen LogP contribution in [0.3, 0.4) is 0 Å². The molecule has 3 heterocycles. The smallest absolute Gasteiger partial charge is 0.254 e. The molecular formula is C26H30N2O8. The number of carbonyl (C=O) groups excluding carboxylic acids is 2. The molecule has 10 heteroatoms. The largest absolute Gasteiger partial charge is 0.493 e. The van der Waals surface area contributed by atoms with Crippen molar-refractivity contribution in [1.82, 2.24) is 9.80 Å². The first-order chi connectivity index (χ1) is 17.5. The van der Waals surface area contributed by atoms with E-state index in [1.54, 1.807) is 44.4 Å². The van der Waals surface area contributed by atoms with Crippen LogP contribution in [-0.4, -0.2) is 89.1 Å². The van der Waals surface area contributed by atoms with E-state index in [1.165, 1.54) is 0 Å². The maximum atomic E-state index is 13.7. The summed E-state index contributed by atoms with van der Waals surface area (Å²) >= 11 is 0. The van der Waals surface area contributed by atoms with Gasteiger partial charge in [-0.05, 0) is 35.9 Å². The quantitative estimate of drug-likeness (QED) is 0.598. The maximum absolute atomic E-state index is 13.7. The molecule has 0 spiro atoms. The van der Waals surface area contributed by atoms with Crippen LogP contribution < -0.4 is 23.7 Å². The molecule has 5 rings (SSSR count). The lowest BCUT2D eigenvalue weighted by Gasteiger charge is -2.31. The van der Waals surface area contributed by atoms with Crippen LogP contribution in [0.4, 0.5) is 0 Å². The van der Waals surface area contributed by atoms with Gasteiger partial charge in [-0.1, -0.05) is 0 Å². The lowest BCUT2D eigenvalue weighted by molar-refractivity contribution is -0.139. The fraction of sp³-hybridized carbons (Fsp3) is 0.462. The third-order valence-corrected chi connectivity index (χ3v) is 6.98. The van der Waals surface area contributed by atoms with E-state index in [2.05, 4.69) is 0 Å². The summed E-state index contributed by atoms with van der Waals surface area (Å²) in [4.78, 5) is 30.8. The summed E-state index contributed by atoms with van der Waals surface area (Å²) in [6.45, 7) is 2.88. The molecule has 0 radical (unpaired) electrons. The minimum atomic E-state index is -0.427. The van der Waals surface area contributed by atoms with Crippen LogP contribution in [0.2, 0.25) is 0 Å². The molecule has 0 unspecified atom stereocenters. The van der Waals surface area contributed by atoms with Crippen LogP contribution >= 0.6 is 0 Å². The Morgan fingerprint density at radius 2 is 1.56 bits per heavy atom. The number of rotatable bonds is 6. The highest BCUT2D eigenvalue weighted by Crippen LogP contribution is 2.44. The van der Waals surface area contributed by atoms with Gasteiger partial charge in [-0.25, -0.2) is 0 Å². The normalized spacial score (nSPS) is 20.9. The second kappa shape index (κ2) is 10.1. The summed E-state index contributed by atoms with van der Waals surface area (Å²) in [6, 6.07) is 8.87. The number of ether oxygens (including phenoxy) is 6. The summed E-state index contributed by atoms with van der Waals surface area (Å²) in [7, 11) is 4.66. The van der Waals surface area contributed by atoms with Crippen LogP contribution in [0.1, 0.15) is 21.8 Å². The van der Waals surface area contributed by atoms with Crippen molar-refractivity contribution in [3.8, 4) is 28.7 Å². The van der Waals surface area contributed by atoms with Crippen molar-refractivity contribution in [3.05, 3.63) is 41.5 Å². The third kappa shape index (κ3) is 4.37. The van der Waals surface area contributed by atoms with Crippen molar-refractivity contribution in [3.63, 3.8) is 0 Å². The standard InChI is InChI=1S/C26H30N2O8/c1-31-22-11-17(12-23(32-2)24(22)33-3)18-13-28(14-19(18)26(30)27-6-8-34-9-7-27)25(29)16-4-5-20-21(10-16)36-15-35-20/h4-5,10-12,18-19H,6-9,13-15H2,1-3H3/t18-,19-/m0/s1. The molecule has 0 saturated carbocycles. The van der Waals surface area contributed by atoms with Crippen LogP contribution in [0.25, 0.3) is 0 Å². The number of nitrogens with zero attached hydrogens (tertiary/aromatic N) is 2. The van der Waals surface area contributed by atoms with Crippen molar-refractivity contribution in [2.24, 2.45) is 5.92 Å². The van der Waals surface area contributed by atoms with Gasteiger partial charge >= 0.3 is 0 Å². The average molecular weight is 499 g/mol. The maximum Gasteiger partial charge on any atom is 0.254 e. The Hall–Kier alpha value is -3.66. The Kier molecular flexibility index (Phi) is 6.77. The van der Waals surface area contributed by atoms with Gasteiger partial charge in [0.25, 0.3) is 5.91 Å². The molecule has 0 N–H and O–H groups in total. The van der Waals surface area contributed by atoms with Crippen LogP contribution in [0.5, 0.6) is 28.7 Å². The molecular weight excluding hydrogens is 468 g/mol. The highest BCUT2D eigenvalue weighted by Gasteiger charge is 2.43. The summed E-state index contributed by atoms with van der Waals surface area (Å²) in [5.41, 5.74) is 1.33. The first kappa shape index (κ1) is 24.1. The molecule has 3 aliphatic rings. The first-order valence-corrected chi connectivity index (χ1v) is 11.9. The van der Waals surface area contributed by atoms with Gasteiger partial charge in [0.05, 0.1) is 40.5 Å². The van der Waals surface area contributed by atoms with Gasteiger partial charge in [-0.15, -0.1) is 0 Å². The minimum absolute atomic E-state index is 0.0121. The van der Waals surface area contributed by atoms with E-state index in [0.717, 1.165) is 5.56 Å². The van der Waals surface area contributed by atoms with E-state index in [0.29, 0.717) is 73.7 Å². The van der Waals surface area contributed by atoms with Gasteiger partial charge in [0.1, 0.15) is 0 Å². The number of carbonyl (C=O) groups is 2. The molecule has 3 aliphatic heterocycles. The lowest BCUT2D eigenvalue weighted by atomic mass is 9.87. The molecule has 0 aliphatic carbocycles. The van der Waals surface area contributed by atoms with Gasteiger partial charge < -0.3 is 38.2 Å². The monoisotopic (exact) mass is 498 g/mol. The second-order valence-electron chi connectivity index (χ2n) is 8.89. The third-order valence-electron chi connectivity index (χ3n) is 6.98. The zero-order valence-corrected chi connectivity index (χ0v) is 20.7. The number of likely N-dealkylation sites (tertiary alicyclic amines) is 1. The molecule has 2 amide bonds. The zero-order chi connectivity index (χ0) is 25.2. The van der Waals surface area contributed by atoms with Crippen molar-refractivity contribution in [1.29, 1.82) is 0 Å². The SMILES string of the molecule is COc1cc([C@@H]2CN(C(=O)c3ccc4c(c3)OCO4)C[C@@H]2C(=O)N2CCOCC2)cc(OC)c1OC. The number of morpholine rings is 1. The van der Waals surface area contributed by atoms with Gasteiger partial charge in [0.15, 0.2) is 23.0 Å². The molecule has 2 fully saturated rings. The van der Waals surface area contributed by atoms with Crippen LogP contribution in [0.15, 0.2) is 30.3 Å². The van der Waals surface area contributed by atoms with E-state index in [9.17, 15) is 9.59 Å². The summed E-state index contributed by atoms with van der Waals surface area (Å²) in [6.07, 6.45) is 0. The zero-order valence-electron chi connectivity index (χ0n) is 20.7. The predicted octanol–water partition coefficient (Wildman–Crippen LogP) is 2.16. The number of hydrogen-bond acceptors (Lipinski definition) is 8. The van der Waals surface area contributed by atoms with E-state index >= 15 is 0 Å². The Labute approximate surface area is 209 Å². The van der Waals surface area contributed by atoms with Gasteiger partial charge in [0.2, 0.25) is 18.4 Å². The molecule has 36 heavy (non-hydrogen) atoms. The number of methoxy groups -OCH3 is 3. The number of hydrogen-bond donors (Lipinski definition) is 0. The molecule has 192 valence electrons. The summed E-state index contributed by atoms with van der Waals surface area (Å²) in [5, 5.41) is 0. The second-order valence-corrected chi connectivity index (χ2v) is 8.89. The Balaban J connectivity index is 1.48. The highest BCUT2D eigenvalue weighted by atomic mass is 16.7. The van der Waals surface area contributed by atoms with Crippen molar-refractivity contribution in [2.75, 3.05) is 67.5 Å². The fourth-order valence-corrected chi connectivity index (χ4v) is 5.10. The van der Waals surface area contributed by atoms with Gasteiger partial charge in [-0.2, -0.15) is 0 Å². The van der Waals surface area contributed by atoms with Gasteiger partial charge in [-0.3, -0.25) is 9.59 Å². The molecule has 0 aromatic heterocycles. The van der Waals surface area contributed by atoms with Crippen LogP contribution in [0, 0.1) is 5.92 Å². The Morgan fingerprint density at radius 1 is 0.861 bits per heavy atom. The number of fused-ring (bicyclic) bond motifs is 1. The topological polar surface area (TPSA) is 96.0 Å². The molecule has 10 nitrogen and oxygen atoms in total. The van der Waals surface area contributed by atoms with Crippen LogP contribution in [-0.2, 0) is 9.53 Å². The fourth-order valence-electron chi connectivity index (χ4n) is 5.10. The van der Waals surface area contributed by atoms with Crippen molar-refractivity contribution in [2.45, 2.75) is 5.92 Å². The number of benzene rings is 2. The molecule has 2 aromatic rings. The lowest BCUT2D eigenvalue weighted by Crippen LogP contribution is -2.45. The number of amides is 2.